The van der Waals surface area contributed by atoms with Crippen LogP contribution in [0.4, 0.5) is 0 Å². The van der Waals surface area contributed by atoms with E-state index in [0.717, 1.165) is 16.0 Å². The fourth-order valence-electron chi connectivity index (χ4n) is 2.91. The van der Waals surface area contributed by atoms with Crippen molar-refractivity contribution in [1.82, 2.24) is 10.6 Å². The summed E-state index contributed by atoms with van der Waals surface area (Å²) in [5.41, 5.74) is 2.49. The van der Waals surface area contributed by atoms with Crippen LogP contribution in [0.25, 0.3) is 10.4 Å². The summed E-state index contributed by atoms with van der Waals surface area (Å²) in [7, 11) is 1.53. The van der Waals surface area contributed by atoms with Crippen LogP contribution in [0.5, 0.6) is 5.75 Å². The number of nitrogens with one attached hydrogen (secondary N) is 2. The van der Waals surface area contributed by atoms with Gasteiger partial charge in [0.2, 0.25) is 5.91 Å². The number of carbonyl (C=O) groups is 2. The Balaban J connectivity index is 2.28. The van der Waals surface area contributed by atoms with E-state index in [2.05, 4.69) is 10.6 Å². The number of aryl methyl sites for hydroxylation is 1. The number of hydrogen-bond acceptors (Lipinski definition) is 5. The largest absolute Gasteiger partial charge is 0.494 e. The molecule has 1 aromatic heterocycles. The summed E-state index contributed by atoms with van der Waals surface area (Å²) in [5.74, 6) is -0.0369. The summed E-state index contributed by atoms with van der Waals surface area (Å²) in [5, 5.41) is 15.7. The van der Waals surface area contributed by atoms with Crippen LogP contribution in [0.1, 0.15) is 36.2 Å². The van der Waals surface area contributed by atoms with Gasteiger partial charge in [-0.15, -0.1) is 11.3 Å². The molecule has 0 aliphatic rings. The molecule has 0 fully saturated rings. The molecule has 1 atom stereocenters. The van der Waals surface area contributed by atoms with E-state index in [1.54, 1.807) is 5.38 Å². The second kappa shape index (κ2) is 9.90. The Morgan fingerprint density at radius 2 is 2.00 bits per heavy atom. The molecule has 28 heavy (non-hydrogen) atoms. The number of nitriles is 1. The van der Waals surface area contributed by atoms with Gasteiger partial charge < -0.3 is 15.4 Å². The zero-order valence-electron chi connectivity index (χ0n) is 16.5. The van der Waals surface area contributed by atoms with Crippen molar-refractivity contribution >= 4 is 23.2 Å². The van der Waals surface area contributed by atoms with Crippen molar-refractivity contribution in [3.8, 4) is 22.3 Å². The second-order valence-electron chi connectivity index (χ2n) is 6.86. The van der Waals surface area contributed by atoms with Crippen LogP contribution in [-0.4, -0.2) is 31.5 Å². The Bertz CT molecular complexity index is 883. The standard InChI is InChI=1S/C21H25N3O3S/c1-13(2)11-17(21(26)23-10-9-22)24-20(25)16-12-28-19(18(16)27-4)15-8-6-5-7-14(15)3/h5-8,12-13,17H,10-11H2,1-4H3,(H,23,26)(H,24,25)/t17-/m0/s1. The molecule has 0 saturated heterocycles. The van der Waals surface area contributed by atoms with Gasteiger partial charge in [0.05, 0.1) is 23.6 Å². The Kier molecular flexibility index (Phi) is 7.59. The van der Waals surface area contributed by atoms with Gasteiger partial charge in [-0.25, -0.2) is 0 Å². The quantitative estimate of drug-likeness (QED) is 0.665. The lowest BCUT2D eigenvalue weighted by atomic mass is 10.0. The second-order valence-corrected chi connectivity index (χ2v) is 7.74. The van der Waals surface area contributed by atoms with Crippen molar-refractivity contribution in [3.63, 3.8) is 0 Å². The highest BCUT2D eigenvalue weighted by atomic mass is 32.1. The summed E-state index contributed by atoms with van der Waals surface area (Å²) < 4.78 is 5.54. The summed E-state index contributed by atoms with van der Waals surface area (Å²) in [6.07, 6.45) is 0.472. The number of hydrogen-bond donors (Lipinski definition) is 2. The van der Waals surface area contributed by atoms with E-state index in [0.29, 0.717) is 17.7 Å². The first-order valence-electron chi connectivity index (χ1n) is 9.06. The third-order valence-corrected chi connectivity index (χ3v) is 5.25. The Labute approximate surface area is 169 Å². The molecule has 6 nitrogen and oxygen atoms in total. The number of nitrogens with zero attached hydrogens (tertiary/aromatic N) is 1. The van der Waals surface area contributed by atoms with Gasteiger partial charge in [0.1, 0.15) is 18.3 Å². The summed E-state index contributed by atoms with van der Waals surface area (Å²) >= 11 is 1.43. The van der Waals surface area contributed by atoms with E-state index in [9.17, 15) is 9.59 Å². The molecule has 148 valence electrons. The molecule has 0 radical (unpaired) electrons. The van der Waals surface area contributed by atoms with E-state index in [1.165, 1.54) is 18.4 Å². The molecule has 0 bridgehead atoms. The molecule has 7 heteroatoms. The van der Waals surface area contributed by atoms with Gasteiger partial charge in [0.25, 0.3) is 5.91 Å². The SMILES string of the molecule is COc1c(C(=O)N[C@@H](CC(C)C)C(=O)NCC#N)csc1-c1ccccc1C. The monoisotopic (exact) mass is 399 g/mol. The minimum Gasteiger partial charge on any atom is -0.494 e. The zero-order chi connectivity index (χ0) is 20.7. The topological polar surface area (TPSA) is 91.2 Å². The summed E-state index contributed by atoms with van der Waals surface area (Å²) in [6.45, 7) is 5.85. The lowest BCUT2D eigenvalue weighted by Crippen LogP contribution is -2.47. The van der Waals surface area contributed by atoms with Gasteiger partial charge in [-0.2, -0.15) is 5.26 Å². The smallest absolute Gasteiger partial charge is 0.256 e. The molecule has 0 unspecified atom stereocenters. The first kappa shape index (κ1) is 21.5. The Hall–Kier alpha value is -2.85. The van der Waals surface area contributed by atoms with Gasteiger partial charge in [0, 0.05) is 5.38 Å². The molecule has 0 spiro atoms. The van der Waals surface area contributed by atoms with E-state index in [4.69, 9.17) is 10.00 Å². The maximum Gasteiger partial charge on any atom is 0.256 e. The number of amides is 2. The average molecular weight is 400 g/mol. The molecule has 0 saturated carbocycles. The van der Waals surface area contributed by atoms with Gasteiger partial charge >= 0.3 is 0 Å². The molecule has 0 aliphatic carbocycles. The number of rotatable bonds is 8. The number of thiophene rings is 1. The first-order valence-corrected chi connectivity index (χ1v) is 9.94. The molecule has 0 aliphatic heterocycles. The highest BCUT2D eigenvalue weighted by molar-refractivity contribution is 7.14. The van der Waals surface area contributed by atoms with Crippen LogP contribution in [-0.2, 0) is 4.79 Å². The van der Waals surface area contributed by atoms with Crippen molar-refractivity contribution in [1.29, 1.82) is 5.26 Å². The average Bonchev–Trinajstić information content (AvgIpc) is 3.09. The normalized spacial score (nSPS) is 11.6. The van der Waals surface area contributed by atoms with Gasteiger partial charge in [-0.05, 0) is 30.4 Å². The van der Waals surface area contributed by atoms with E-state index >= 15 is 0 Å². The van der Waals surface area contributed by atoms with Crippen molar-refractivity contribution in [2.45, 2.75) is 33.2 Å². The van der Waals surface area contributed by atoms with Crippen molar-refractivity contribution in [2.24, 2.45) is 5.92 Å². The number of benzene rings is 1. The number of ether oxygens (including phenoxy) is 1. The van der Waals surface area contributed by atoms with E-state index in [-0.39, 0.29) is 24.3 Å². The number of methoxy groups -OCH3 is 1. The maximum absolute atomic E-state index is 12.9. The third-order valence-electron chi connectivity index (χ3n) is 4.25. The molecule has 2 N–H and O–H groups in total. The minimum absolute atomic E-state index is 0.0947. The van der Waals surface area contributed by atoms with E-state index in [1.807, 2.05) is 51.1 Å². The summed E-state index contributed by atoms with van der Waals surface area (Å²) in [6, 6.07) is 9.06. The van der Waals surface area contributed by atoms with Crippen LogP contribution in [0.2, 0.25) is 0 Å². The fraction of sp³-hybridized carbons (Fsp3) is 0.381. The Morgan fingerprint density at radius 3 is 2.61 bits per heavy atom. The van der Waals surface area contributed by atoms with Crippen molar-refractivity contribution in [3.05, 3.63) is 40.8 Å². The molecular formula is C21H25N3O3S. The van der Waals surface area contributed by atoms with Crippen LogP contribution < -0.4 is 15.4 Å². The molecular weight excluding hydrogens is 374 g/mol. The van der Waals surface area contributed by atoms with Crippen LogP contribution in [0.3, 0.4) is 0 Å². The zero-order valence-corrected chi connectivity index (χ0v) is 17.4. The lowest BCUT2D eigenvalue weighted by Gasteiger charge is -2.19. The van der Waals surface area contributed by atoms with Gasteiger partial charge in [-0.1, -0.05) is 38.1 Å². The van der Waals surface area contributed by atoms with Crippen LogP contribution in [0, 0.1) is 24.2 Å². The maximum atomic E-state index is 12.9. The predicted molar refractivity (Wildman–Crippen MR) is 110 cm³/mol. The molecule has 1 heterocycles. The molecule has 2 aromatic rings. The first-order chi connectivity index (χ1) is 13.4. The van der Waals surface area contributed by atoms with Gasteiger partial charge in [-0.3, -0.25) is 9.59 Å². The van der Waals surface area contributed by atoms with Crippen molar-refractivity contribution < 1.29 is 14.3 Å². The summed E-state index contributed by atoms with van der Waals surface area (Å²) in [4.78, 5) is 26.1. The van der Waals surface area contributed by atoms with Crippen molar-refractivity contribution in [2.75, 3.05) is 13.7 Å². The highest BCUT2D eigenvalue weighted by Gasteiger charge is 2.26. The highest BCUT2D eigenvalue weighted by Crippen LogP contribution is 2.40. The fourth-order valence-corrected chi connectivity index (χ4v) is 4.01. The van der Waals surface area contributed by atoms with E-state index < -0.39 is 6.04 Å². The molecule has 2 amide bonds. The van der Waals surface area contributed by atoms with Gasteiger partial charge in [0.15, 0.2) is 0 Å². The molecule has 2 rings (SSSR count). The Morgan fingerprint density at radius 1 is 1.29 bits per heavy atom. The predicted octanol–water partition coefficient (Wildman–Crippen LogP) is 3.52. The lowest BCUT2D eigenvalue weighted by molar-refractivity contribution is -0.123. The number of carbonyl (C=O) groups excluding carboxylic acids is 2. The molecule has 1 aromatic carbocycles. The third kappa shape index (κ3) is 5.11. The van der Waals surface area contributed by atoms with Crippen LogP contribution in [0.15, 0.2) is 29.6 Å². The van der Waals surface area contributed by atoms with Crippen LogP contribution >= 0.6 is 11.3 Å². The minimum atomic E-state index is -0.715.